The van der Waals surface area contributed by atoms with Crippen LogP contribution in [0.4, 0.5) is 5.69 Å². The number of nitrogens with one attached hydrogen (secondary N) is 1. The molecule has 0 aliphatic rings. The number of aromatic nitrogens is 2. The topological polar surface area (TPSA) is 56.1 Å². The summed E-state index contributed by atoms with van der Waals surface area (Å²) in [6.45, 7) is 1.82. The first-order chi connectivity index (χ1) is 13.0. The Bertz CT molecular complexity index is 1000. The monoisotopic (exact) mass is 437 g/mol. The van der Waals surface area contributed by atoms with Crippen molar-refractivity contribution in [1.82, 2.24) is 9.78 Å². The van der Waals surface area contributed by atoms with Crippen LogP contribution < -0.4 is 10.1 Å². The lowest BCUT2D eigenvalue weighted by Gasteiger charge is -2.11. The molecule has 0 aliphatic heterocycles. The van der Waals surface area contributed by atoms with E-state index in [0.717, 1.165) is 10.0 Å². The largest absolute Gasteiger partial charge is 0.495 e. The van der Waals surface area contributed by atoms with Gasteiger partial charge >= 0.3 is 0 Å². The molecule has 0 saturated heterocycles. The number of carbonyl (C=O) groups is 1. The Hall–Kier alpha value is -1.87. The number of para-hydroxylation sites is 1. The SMILES string of the molecule is COc1ccc(NC(=O)C(C)Sc2nn(-c3ccccc3)c(=S)s2)cc1Cl. The number of amides is 1. The van der Waals surface area contributed by atoms with Gasteiger partial charge in [-0.05, 0) is 49.5 Å². The van der Waals surface area contributed by atoms with Crippen LogP contribution in [0.2, 0.25) is 5.02 Å². The number of hydrogen-bond donors (Lipinski definition) is 1. The van der Waals surface area contributed by atoms with E-state index in [2.05, 4.69) is 10.4 Å². The van der Waals surface area contributed by atoms with Crippen molar-refractivity contribution < 1.29 is 9.53 Å². The smallest absolute Gasteiger partial charge is 0.237 e. The second-order valence-electron chi connectivity index (χ2n) is 5.48. The molecule has 3 rings (SSSR count). The molecule has 1 heterocycles. The summed E-state index contributed by atoms with van der Waals surface area (Å²) in [5, 5.41) is 7.46. The fourth-order valence-electron chi connectivity index (χ4n) is 2.23. The second kappa shape index (κ2) is 8.88. The standard InChI is InChI=1S/C18H16ClN3O2S3/c1-11(16(23)20-12-8-9-15(24-2)14(19)10-12)26-17-21-22(18(25)27-17)13-6-4-3-5-7-13/h3-11H,1-2H3,(H,20,23). The zero-order valence-electron chi connectivity index (χ0n) is 14.5. The maximum Gasteiger partial charge on any atom is 0.237 e. The zero-order valence-corrected chi connectivity index (χ0v) is 17.7. The van der Waals surface area contributed by atoms with Gasteiger partial charge in [0.25, 0.3) is 0 Å². The molecule has 0 radical (unpaired) electrons. The van der Waals surface area contributed by atoms with Crippen LogP contribution in [-0.2, 0) is 4.79 Å². The van der Waals surface area contributed by atoms with E-state index in [1.54, 1.807) is 30.0 Å². The van der Waals surface area contributed by atoms with Crippen molar-refractivity contribution >= 4 is 58.5 Å². The van der Waals surface area contributed by atoms with E-state index in [-0.39, 0.29) is 11.2 Å². The molecule has 1 N–H and O–H groups in total. The highest BCUT2D eigenvalue weighted by atomic mass is 35.5. The van der Waals surface area contributed by atoms with Crippen LogP contribution in [0.25, 0.3) is 5.69 Å². The molecule has 5 nitrogen and oxygen atoms in total. The number of thioether (sulfide) groups is 1. The number of hydrogen-bond acceptors (Lipinski definition) is 6. The molecule has 27 heavy (non-hydrogen) atoms. The molecule has 0 fully saturated rings. The highest BCUT2D eigenvalue weighted by Crippen LogP contribution is 2.30. The van der Waals surface area contributed by atoms with Crippen LogP contribution in [0.1, 0.15) is 6.92 Å². The van der Waals surface area contributed by atoms with E-state index >= 15 is 0 Å². The highest BCUT2D eigenvalue weighted by molar-refractivity contribution is 8.02. The minimum absolute atomic E-state index is 0.145. The predicted molar refractivity (Wildman–Crippen MR) is 114 cm³/mol. The quantitative estimate of drug-likeness (QED) is 0.410. The number of ether oxygens (including phenoxy) is 1. The Balaban J connectivity index is 1.68. The molecule has 3 aromatic rings. The summed E-state index contributed by atoms with van der Waals surface area (Å²) < 4.78 is 8.19. The predicted octanol–water partition coefficient (Wildman–Crippen LogP) is 5.44. The third-order valence-corrected chi connectivity index (χ3v) is 6.31. The Morgan fingerprint density at radius 1 is 1.33 bits per heavy atom. The van der Waals surface area contributed by atoms with Crippen molar-refractivity contribution in [3.05, 3.63) is 57.5 Å². The van der Waals surface area contributed by atoms with Crippen LogP contribution in [0.3, 0.4) is 0 Å². The van der Waals surface area contributed by atoms with Crippen molar-refractivity contribution in [3.8, 4) is 11.4 Å². The number of rotatable bonds is 6. The number of methoxy groups -OCH3 is 1. The average molecular weight is 438 g/mol. The molecule has 2 aromatic carbocycles. The molecular weight excluding hydrogens is 422 g/mol. The highest BCUT2D eigenvalue weighted by Gasteiger charge is 2.18. The summed E-state index contributed by atoms with van der Waals surface area (Å²) in [5.41, 5.74) is 1.51. The second-order valence-corrected chi connectivity index (χ2v) is 9.10. The maximum atomic E-state index is 12.5. The van der Waals surface area contributed by atoms with Gasteiger partial charge in [0.2, 0.25) is 5.91 Å². The van der Waals surface area contributed by atoms with Crippen molar-refractivity contribution in [2.24, 2.45) is 0 Å². The van der Waals surface area contributed by atoms with E-state index in [1.165, 1.54) is 23.1 Å². The number of halogens is 1. The van der Waals surface area contributed by atoms with Crippen molar-refractivity contribution in [2.45, 2.75) is 16.5 Å². The Kier molecular flexibility index (Phi) is 6.54. The van der Waals surface area contributed by atoms with E-state index in [0.29, 0.717) is 20.4 Å². The van der Waals surface area contributed by atoms with Crippen LogP contribution in [-0.4, -0.2) is 28.0 Å². The minimum Gasteiger partial charge on any atom is -0.495 e. The molecule has 1 atom stereocenters. The summed E-state index contributed by atoms with van der Waals surface area (Å²) in [4.78, 5) is 12.5. The normalized spacial score (nSPS) is 11.8. The Labute approximate surface area is 175 Å². The first-order valence-electron chi connectivity index (χ1n) is 7.94. The molecule has 9 heteroatoms. The van der Waals surface area contributed by atoms with E-state index < -0.39 is 0 Å². The van der Waals surface area contributed by atoms with Crippen molar-refractivity contribution in [2.75, 3.05) is 12.4 Å². The number of benzene rings is 2. The summed E-state index contributed by atoms with van der Waals surface area (Å²) in [5.74, 6) is 0.414. The third kappa shape index (κ3) is 4.90. The van der Waals surface area contributed by atoms with Gasteiger partial charge in [-0.2, -0.15) is 0 Å². The zero-order chi connectivity index (χ0) is 19.4. The summed E-state index contributed by atoms with van der Waals surface area (Å²) in [7, 11) is 1.54. The number of carbonyl (C=O) groups excluding carboxylic acids is 1. The lowest BCUT2D eigenvalue weighted by atomic mass is 10.3. The molecule has 1 unspecified atom stereocenters. The van der Waals surface area contributed by atoms with Gasteiger partial charge in [0.15, 0.2) is 8.29 Å². The van der Waals surface area contributed by atoms with Crippen LogP contribution >= 0.6 is 46.9 Å². The lowest BCUT2D eigenvalue weighted by Crippen LogP contribution is -2.22. The molecule has 1 amide bonds. The number of anilines is 1. The van der Waals surface area contributed by atoms with Gasteiger partial charge in [-0.3, -0.25) is 4.79 Å². The van der Waals surface area contributed by atoms with Gasteiger partial charge in [-0.15, -0.1) is 5.10 Å². The van der Waals surface area contributed by atoms with Crippen molar-refractivity contribution in [1.29, 1.82) is 0 Å². The molecular formula is C18H16ClN3O2S3. The molecule has 0 bridgehead atoms. The summed E-state index contributed by atoms with van der Waals surface area (Å²) in [6, 6.07) is 14.8. The Morgan fingerprint density at radius 3 is 2.74 bits per heavy atom. The van der Waals surface area contributed by atoms with Crippen molar-refractivity contribution in [3.63, 3.8) is 0 Å². The lowest BCUT2D eigenvalue weighted by molar-refractivity contribution is -0.115. The minimum atomic E-state index is -0.351. The molecule has 140 valence electrons. The fourth-order valence-corrected chi connectivity index (χ4v) is 5.00. The molecule has 0 spiro atoms. The maximum absolute atomic E-state index is 12.5. The summed E-state index contributed by atoms with van der Waals surface area (Å²) >= 11 is 14.2. The first-order valence-corrected chi connectivity index (χ1v) is 10.4. The first kappa shape index (κ1) is 19.9. The van der Waals surface area contributed by atoms with Gasteiger partial charge in [0.1, 0.15) is 5.75 Å². The van der Waals surface area contributed by atoms with Gasteiger partial charge in [-0.1, -0.05) is 52.9 Å². The summed E-state index contributed by atoms with van der Waals surface area (Å²) in [6.07, 6.45) is 0. The van der Waals surface area contributed by atoms with Gasteiger partial charge in [0.05, 0.1) is 23.1 Å². The van der Waals surface area contributed by atoms with Crippen LogP contribution in [0, 0.1) is 3.95 Å². The van der Waals surface area contributed by atoms with E-state index in [9.17, 15) is 4.79 Å². The molecule has 0 aliphatic carbocycles. The average Bonchev–Trinajstić information content (AvgIpc) is 3.02. The van der Waals surface area contributed by atoms with Crippen LogP contribution in [0.5, 0.6) is 5.75 Å². The Morgan fingerprint density at radius 2 is 2.07 bits per heavy atom. The fraction of sp³-hybridized carbons (Fsp3) is 0.167. The molecule has 1 aromatic heterocycles. The molecule has 0 saturated carbocycles. The number of nitrogens with zero attached hydrogens (tertiary/aromatic N) is 2. The van der Waals surface area contributed by atoms with Gasteiger partial charge in [-0.25, -0.2) is 4.68 Å². The van der Waals surface area contributed by atoms with Gasteiger partial charge < -0.3 is 10.1 Å². The van der Waals surface area contributed by atoms with E-state index in [1.807, 2.05) is 37.3 Å². The van der Waals surface area contributed by atoms with E-state index in [4.69, 9.17) is 28.6 Å². The van der Waals surface area contributed by atoms with Crippen LogP contribution in [0.15, 0.2) is 52.9 Å². The van der Waals surface area contributed by atoms with Gasteiger partial charge in [0, 0.05) is 5.69 Å². The third-order valence-electron chi connectivity index (χ3n) is 3.60.